The van der Waals surface area contributed by atoms with Crippen molar-refractivity contribution < 1.29 is 9.90 Å². The Hall–Kier alpha value is -0.340. The topological polar surface area (TPSA) is 37.3 Å². The summed E-state index contributed by atoms with van der Waals surface area (Å²) in [5.74, 6) is 2.70. The molecule has 4 aliphatic rings. The number of allylic oxidation sites excluding steroid dienone is 2. The minimum atomic E-state index is -0.0808. The quantitative estimate of drug-likeness (QED) is 0.705. The van der Waals surface area contributed by atoms with Crippen LogP contribution in [0.15, 0.2) is 10.6 Å². The van der Waals surface area contributed by atoms with Gasteiger partial charge in [-0.3, -0.25) is 4.79 Å². The van der Waals surface area contributed by atoms with E-state index < -0.39 is 0 Å². The van der Waals surface area contributed by atoms with Gasteiger partial charge in [-0.2, -0.15) is 0 Å². The number of carbonyl (C=O) groups excluding carboxylic acids is 1. The van der Waals surface area contributed by atoms with Crippen molar-refractivity contribution in [2.24, 2.45) is 34.5 Å². The highest BCUT2D eigenvalue weighted by molar-refractivity contribution is 6.32. The summed E-state index contributed by atoms with van der Waals surface area (Å²) >= 11 is 6.63. The Morgan fingerprint density at radius 3 is 2.65 bits per heavy atom. The van der Waals surface area contributed by atoms with Crippen molar-refractivity contribution in [3.05, 3.63) is 10.6 Å². The summed E-state index contributed by atoms with van der Waals surface area (Å²) in [6.45, 7) is 4.79. The lowest BCUT2D eigenvalue weighted by Crippen LogP contribution is -2.53. The number of hydrogen-bond donors (Lipinski definition) is 1. The first-order valence-electron chi connectivity index (χ1n) is 9.42. The van der Waals surface area contributed by atoms with E-state index in [9.17, 15) is 9.90 Å². The molecule has 0 bridgehead atoms. The molecule has 0 aromatic rings. The zero-order valence-corrected chi connectivity index (χ0v) is 15.1. The van der Waals surface area contributed by atoms with E-state index in [0.717, 1.165) is 48.5 Å². The number of halogens is 1. The van der Waals surface area contributed by atoms with Crippen LogP contribution in [0.5, 0.6) is 0 Å². The smallest absolute Gasteiger partial charge is 0.147 e. The van der Waals surface area contributed by atoms with Gasteiger partial charge < -0.3 is 5.11 Å². The third-order valence-electron chi connectivity index (χ3n) is 8.39. The van der Waals surface area contributed by atoms with Gasteiger partial charge in [-0.25, -0.2) is 0 Å². The fourth-order valence-electron chi connectivity index (χ4n) is 7.00. The van der Waals surface area contributed by atoms with Gasteiger partial charge in [-0.05, 0) is 80.5 Å². The molecule has 7 atom stereocenters. The Bertz CT molecular complexity index is 556. The molecule has 3 saturated carbocycles. The van der Waals surface area contributed by atoms with Crippen molar-refractivity contribution in [2.75, 3.05) is 0 Å². The summed E-state index contributed by atoms with van der Waals surface area (Å²) in [7, 11) is 0. The normalized spacial score (nSPS) is 52.6. The number of rotatable bonds is 1. The van der Waals surface area contributed by atoms with E-state index in [2.05, 4.69) is 13.8 Å². The summed E-state index contributed by atoms with van der Waals surface area (Å²) in [6, 6.07) is 0. The monoisotopic (exact) mass is 336 g/mol. The predicted molar refractivity (Wildman–Crippen MR) is 92.1 cm³/mol. The molecule has 0 radical (unpaired) electrons. The molecule has 4 aliphatic carbocycles. The third-order valence-corrected chi connectivity index (χ3v) is 9.07. The Balaban J connectivity index is 1.64. The average Bonchev–Trinajstić information content (AvgIpc) is 2.79. The van der Waals surface area contributed by atoms with Gasteiger partial charge in [0.2, 0.25) is 0 Å². The molecule has 128 valence electrons. The molecule has 0 aromatic heterocycles. The van der Waals surface area contributed by atoms with Crippen molar-refractivity contribution in [1.82, 2.24) is 0 Å². The van der Waals surface area contributed by atoms with Crippen molar-refractivity contribution in [2.45, 2.75) is 71.3 Å². The molecule has 0 heterocycles. The van der Waals surface area contributed by atoms with Crippen LogP contribution in [0, 0.1) is 34.5 Å². The molecule has 1 N–H and O–H groups in total. The first kappa shape index (κ1) is 16.1. The van der Waals surface area contributed by atoms with Crippen LogP contribution >= 0.6 is 11.6 Å². The summed E-state index contributed by atoms with van der Waals surface area (Å²) in [5, 5.41) is 11.0. The van der Waals surface area contributed by atoms with Gasteiger partial charge in [0.05, 0.1) is 6.10 Å². The summed E-state index contributed by atoms with van der Waals surface area (Å²) in [6.07, 6.45) is 9.83. The molecular weight excluding hydrogens is 308 g/mol. The number of hydrogen-bond acceptors (Lipinski definition) is 2. The van der Waals surface area contributed by atoms with Gasteiger partial charge in [0.15, 0.2) is 0 Å². The van der Waals surface area contributed by atoms with Crippen LogP contribution in [0.2, 0.25) is 0 Å². The van der Waals surface area contributed by atoms with E-state index in [1.807, 2.05) is 0 Å². The molecular formula is C20H29ClO2. The minimum Gasteiger partial charge on any atom is -0.393 e. The highest BCUT2D eigenvalue weighted by atomic mass is 35.5. The first-order chi connectivity index (χ1) is 10.9. The van der Waals surface area contributed by atoms with Crippen LogP contribution in [-0.2, 0) is 4.79 Å². The summed E-state index contributed by atoms with van der Waals surface area (Å²) in [4.78, 5) is 11.4. The maximum Gasteiger partial charge on any atom is 0.147 e. The highest BCUT2D eigenvalue weighted by Gasteiger charge is 2.59. The van der Waals surface area contributed by atoms with Crippen LogP contribution in [0.1, 0.15) is 65.2 Å². The van der Waals surface area contributed by atoms with Crippen molar-refractivity contribution in [1.29, 1.82) is 0 Å². The Labute approximate surface area is 144 Å². The standard InChI is InChI=1S/C20H29ClO2/c1-19-7-5-14(23)10-13(19)3-4-15-16(19)6-8-20(2)17(15)9-12(11-22)18(20)21/h11,13-17,23H,3-10H2,1-2H3/t13-,14-,15+,16-,17-,19-,20-/m0/s1. The number of aliphatic hydroxyl groups excluding tert-OH is 1. The van der Waals surface area contributed by atoms with Gasteiger partial charge >= 0.3 is 0 Å². The Morgan fingerprint density at radius 2 is 1.91 bits per heavy atom. The SMILES string of the molecule is C[C@]12CC[C@H](O)C[C@@H]1CC[C@@H]1[C@@H]2CC[C@]2(C)C(Cl)=C(C=O)C[C@@H]12. The number of carbonyl (C=O) groups is 1. The van der Waals surface area contributed by atoms with Crippen LogP contribution in [0.25, 0.3) is 0 Å². The lowest BCUT2D eigenvalue weighted by Gasteiger charge is -2.60. The van der Waals surface area contributed by atoms with Gasteiger partial charge in [0.25, 0.3) is 0 Å². The zero-order valence-electron chi connectivity index (χ0n) is 14.4. The molecule has 2 nitrogen and oxygen atoms in total. The average molecular weight is 337 g/mol. The summed E-state index contributed by atoms with van der Waals surface area (Å²) < 4.78 is 0. The largest absolute Gasteiger partial charge is 0.393 e. The van der Waals surface area contributed by atoms with E-state index in [1.165, 1.54) is 25.7 Å². The van der Waals surface area contributed by atoms with Crippen LogP contribution in [-0.4, -0.2) is 17.5 Å². The summed E-state index contributed by atoms with van der Waals surface area (Å²) in [5.41, 5.74) is 1.29. The fourth-order valence-corrected chi connectivity index (χ4v) is 7.35. The second-order valence-corrected chi connectivity index (χ2v) is 9.58. The van der Waals surface area contributed by atoms with Gasteiger partial charge in [-0.1, -0.05) is 25.4 Å². The third kappa shape index (κ3) is 2.13. The van der Waals surface area contributed by atoms with Gasteiger partial charge in [-0.15, -0.1) is 0 Å². The van der Waals surface area contributed by atoms with Crippen molar-refractivity contribution in [3.63, 3.8) is 0 Å². The van der Waals surface area contributed by atoms with E-state index in [1.54, 1.807) is 0 Å². The number of fused-ring (bicyclic) bond motifs is 5. The van der Waals surface area contributed by atoms with Crippen molar-refractivity contribution in [3.8, 4) is 0 Å². The van der Waals surface area contributed by atoms with Crippen molar-refractivity contribution >= 4 is 17.9 Å². The lowest BCUT2D eigenvalue weighted by atomic mass is 9.45. The zero-order chi connectivity index (χ0) is 16.4. The lowest BCUT2D eigenvalue weighted by molar-refractivity contribution is -0.117. The molecule has 0 spiro atoms. The Kier molecular flexibility index (Phi) is 3.74. The number of aliphatic hydroxyl groups is 1. The maximum atomic E-state index is 11.4. The molecule has 0 amide bonds. The number of aldehydes is 1. The second kappa shape index (κ2) is 5.33. The van der Waals surface area contributed by atoms with E-state index >= 15 is 0 Å². The van der Waals surface area contributed by atoms with Crippen LogP contribution in [0.3, 0.4) is 0 Å². The molecule has 23 heavy (non-hydrogen) atoms. The fraction of sp³-hybridized carbons (Fsp3) is 0.850. The Morgan fingerprint density at radius 1 is 1.13 bits per heavy atom. The van der Waals surface area contributed by atoms with E-state index in [4.69, 9.17) is 11.6 Å². The molecule has 0 aromatic carbocycles. The predicted octanol–water partition coefficient (Wildman–Crippen LogP) is 4.69. The van der Waals surface area contributed by atoms with Crippen LogP contribution in [0.4, 0.5) is 0 Å². The molecule has 3 fully saturated rings. The van der Waals surface area contributed by atoms with E-state index in [0.29, 0.717) is 23.2 Å². The van der Waals surface area contributed by atoms with Gasteiger partial charge in [0, 0.05) is 16.0 Å². The minimum absolute atomic E-state index is 0.0380. The maximum absolute atomic E-state index is 11.4. The van der Waals surface area contributed by atoms with Gasteiger partial charge in [0.1, 0.15) is 6.29 Å². The highest BCUT2D eigenvalue weighted by Crippen LogP contribution is 2.67. The van der Waals surface area contributed by atoms with E-state index in [-0.39, 0.29) is 11.5 Å². The molecule has 4 rings (SSSR count). The first-order valence-corrected chi connectivity index (χ1v) is 9.80. The molecule has 0 aliphatic heterocycles. The molecule has 0 saturated heterocycles. The second-order valence-electron chi connectivity index (χ2n) is 9.20. The molecule has 3 heteroatoms. The van der Waals surface area contributed by atoms with Crippen LogP contribution < -0.4 is 0 Å². The molecule has 0 unspecified atom stereocenters.